The van der Waals surface area contributed by atoms with Crippen LogP contribution in [0.3, 0.4) is 0 Å². The van der Waals surface area contributed by atoms with Gasteiger partial charge in [0.1, 0.15) is 34.6 Å². The molecule has 5 nitrogen and oxygen atoms in total. The lowest BCUT2D eigenvalue weighted by Gasteiger charge is -2.07. The van der Waals surface area contributed by atoms with Crippen LogP contribution in [0.2, 0.25) is 0 Å². The number of benzene rings is 3. The molecule has 0 aliphatic carbocycles. The maximum absolute atomic E-state index is 13.3. The smallest absolute Gasteiger partial charge is 0.275 e. The fourth-order valence-corrected chi connectivity index (χ4v) is 3.69. The SMILES string of the molecule is COc1ccc(NC(=O)c2csc(-c3cccc(OCc4cccc(F)c4)c3)n2)cc1. The number of carbonyl (C=O) groups is 1. The summed E-state index contributed by atoms with van der Waals surface area (Å²) in [4.78, 5) is 17.0. The summed E-state index contributed by atoms with van der Waals surface area (Å²) in [6, 6.07) is 20.8. The van der Waals surface area contributed by atoms with Crippen molar-refractivity contribution in [3.63, 3.8) is 0 Å². The number of hydrogen-bond acceptors (Lipinski definition) is 5. The molecule has 0 radical (unpaired) electrons. The van der Waals surface area contributed by atoms with Crippen LogP contribution < -0.4 is 14.8 Å². The van der Waals surface area contributed by atoms with Crippen molar-refractivity contribution in [3.8, 4) is 22.1 Å². The molecule has 156 valence electrons. The normalized spacial score (nSPS) is 10.5. The van der Waals surface area contributed by atoms with Gasteiger partial charge >= 0.3 is 0 Å². The molecule has 0 bridgehead atoms. The van der Waals surface area contributed by atoms with E-state index in [2.05, 4.69) is 10.3 Å². The van der Waals surface area contributed by atoms with Crippen LogP contribution in [-0.2, 0) is 6.61 Å². The van der Waals surface area contributed by atoms with Crippen LogP contribution in [0, 0.1) is 5.82 Å². The highest BCUT2D eigenvalue weighted by Crippen LogP contribution is 2.28. The summed E-state index contributed by atoms with van der Waals surface area (Å²) in [7, 11) is 1.59. The minimum absolute atomic E-state index is 0.259. The second kappa shape index (κ2) is 9.40. The number of halogens is 1. The highest BCUT2D eigenvalue weighted by Gasteiger charge is 2.13. The Bertz CT molecular complexity index is 1190. The molecule has 0 fully saturated rings. The van der Waals surface area contributed by atoms with E-state index in [1.807, 2.05) is 30.3 Å². The Morgan fingerprint density at radius 1 is 1.03 bits per heavy atom. The van der Waals surface area contributed by atoms with Gasteiger partial charge in [-0.3, -0.25) is 4.79 Å². The van der Waals surface area contributed by atoms with Crippen molar-refractivity contribution in [1.29, 1.82) is 0 Å². The highest BCUT2D eigenvalue weighted by molar-refractivity contribution is 7.13. The number of hydrogen-bond donors (Lipinski definition) is 1. The number of carbonyl (C=O) groups excluding carboxylic acids is 1. The third-order valence-electron chi connectivity index (χ3n) is 4.46. The van der Waals surface area contributed by atoms with Crippen LogP contribution in [-0.4, -0.2) is 18.0 Å². The molecule has 1 aromatic heterocycles. The lowest BCUT2D eigenvalue weighted by Crippen LogP contribution is -2.12. The van der Waals surface area contributed by atoms with Crippen LogP contribution in [0.25, 0.3) is 10.6 Å². The third kappa shape index (κ3) is 5.26. The van der Waals surface area contributed by atoms with Gasteiger partial charge in [-0.1, -0.05) is 24.3 Å². The number of rotatable bonds is 7. The summed E-state index contributed by atoms with van der Waals surface area (Å²) >= 11 is 1.38. The second-order valence-electron chi connectivity index (χ2n) is 6.67. The number of thiazole rings is 1. The lowest BCUT2D eigenvalue weighted by atomic mass is 10.2. The van der Waals surface area contributed by atoms with Crippen molar-refractivity contribution in [2.75, 3.05) is 12.4 Å². The summed E-state index contributed by atoms with van der Waals surface area (Å²) in [5, 5.41) is 5.24. The lowest BCUT2D eigenvalue weighted by molar-refractivity contribution is 0.102. The van der Waals surface area contributed by atoms with Crippen LogP contribution in [0.4, 0.5) is 10.1 Å². The van der Waals surface area contributed by atoms with Crippen LogP contribution in [0.15, 0.2) is 78.2 Å². The van der Waals surface area contributed by atoms with Gasteiger partial charge in [0, 0.05) is 16.6 Å². The molecule has 0 saturated heterocycles. The van der Waals surface area contributed by atoms with Crippen molar-refractivity contribution >= 4 is 22.9 Å². The van der Waals surface area contributed by atoms with E-state index in [-0.39, 0.29) is 18.3 Å². The largest absolute Gasteiger partial charge is 0.497 e. The first-order chi connectivity index (χ1) is 15.1. The number of nitrogens with zero attached hydrogens (tertiary/aromatic N) is 1. The van der Waals surface area contributed by atoms with E-state index in [4.69, 9.17) is 9.47 Å². The first kappa shape index (κ1) is 20.6. The minimum atomic E-state index is -0.293. The number of methoxy groups -OCH3 is 1. The number of aromatic nitrogens is 1. The molecule has 1 heterocycles. The molecular weight excluding hydrogens is 415 g/mol. The molecule has 0 unspecified atom stereocenters. The monoisotopic (exact) mass is 434 g/mol. The molecular formula is C24H19FN2O3S. The van der Waals surface area contributed by atoms with Gasteiger partial charge in [0.25, 0.3) is 5.91 Å². The van der Waals surface area contributed by atoms with Crippen LogP contribution >= 0.6 is 11.3 Å². The Kier molecular flexibility index (Phi) is 6.24. The summed E-state index contributed by atoms with van der Waals surface area (Å²) in [5.41, 5.74) is 2.58. The van der Waals surface area contributed by atoms with E-state index in [1.165, 1.54) is 23.5 Å². The van der Waals surface area contributed by atoms with Crippen LogP contribution in [0.1, 0.15) is 16.1 Å². The van der Waals surface area contributed by atoms with E-state index in [0.717, 1.165) is 11.1 Å². The molecule has 0 aliphatic heterocycles. The Morgan fingerprint density at radius 2 is 1.84 bits per heavy atom. The summed E-state index contributed by atoms with van der Waals surface area (Å²) < 4.78 is 24.2. The molecule has 0 saturated carbocycles. The van der Waals surface area contributed by atoms with Gasteiger partial charge < -0.3 is 14.8 Å². The third-order valence-corrected chi connectivity index (χ3v) is 5.35. The van der Waals surface area contributed by atoms with Gasteiger partial charge in [-0.25, -0.2) is 9.37 Å². The quantitative estimate of drug-likeness (QED) is 0.400. The van der Waals surface area contributed by atoms with Gasteiger partial charge in [-0.2, -0.15) is 0 Å². The maximum atomic E-state index is 13.3. The van der Waals surface area contributed by atoms with Gasteiger partial charge in [-0.15, -0.1) is 11.3 Å². The zero-order valence-electron chi connectivity index (χ0n) is 16.7. The molecule has 1 N–H and O–H groups in total. The maximum Gasteiger partial charge on any atom is 0.275 e. The van der Waals surface area contributed by atoms with Crippen LogP contribution in [0.5, 0.6) is 11.5 Å². The van der Waals surface area contributed by atoms with E-state index in [1.54, 1.807) is 42.8 Å². The first-order valence-corrected chi connectivity index (χ1v) is 10.4. The fraction of sp³-hybridized carbons (Fsp3) is 0.0833. The van der Waals surface area contributed by atoms with Gasteiger partial charge in [0.15, 0.2) is 0 Å². The molecule has 4 rings (SSSR count). The standard InChI is InChI=1S/C24H19FN2O3S/c1-29-20-10-8-19(9-11-20)26-23(28)22-15-31-24(27-22)17-5-3-7-21(13-17)30-14-16-4-2-6-18(25)12-16/h2-13,15H,14H2,1H3,(H,26,28). The Morgan fingerprint density at radius 3 is 2.61 bits per heavy atom. The van der Waals surface area contributed by atoms with Gasteiger partial charge in [0.2, 0.25) is 0 Å². The van der Waals surface area contributed by atoms with E-state index >= 15 is 0 Å². The molecule has 0 atom stereocenters. The molecule has 0 spiro atoms. The molecule has 31 heavy (non-hydrogen) atoms. The topological polar surface area (TPSA) is 60.5 Å². The summed E-state index contributed by atoms with van der Waals surface area (Å²) in [5.74, 6) is 0.777. The van der Waals surface area contributed by atoms with E-state index in [9.17, 15) is 9.18 Å². The predicted molar refractivity (Wildman–Crippen MR) is 119 cm³/mol. The number of nitrogens with one attached hydrogen (secondary N) is 1. The average Bonchev–Trinajstić information content (AvgIpc) is 3.29. The molecule has 3 aromatic carbocycles. The van der Waals surface area contributed by atoms with Crippen molar-refractivity contribution in [2.24, 2.45) is 0 Å². The predicted octanol–water partition coefficient (Wildman–Crippen LogP) is 5.79. The van der Waals surface area contributed by atoms with Gasteiger partial charge in [-0.05, 0) is 54.1 Å². The van der Waals surface area contributed by atoms with Crippen molar-refractivity contribution < 1.29 is 18.7 Å². The fourth-order valence-electron chi connectivity index (χ4n) is 2.89. The average molecular weight is 434 g/mol. The van der Waals surface area contributed by atoms with E-state index in [0.29, 0.717) is 27.9 Å². The number of amides is 1. The summed E-state index contributed by atoms with van der Waals surface area (Å²) in [6.07, 6.45) is 0. The molecule has 0 aliphatic rings. The number of ether oxygens (including phenoxy) is 2. The second-order valence-corrected chi connectivity index (χ2v) is 7.53. The highest BCUT2D eigenvalue weighted by atomic mass is 32.1. The summed E-state index contributed by atoms with van der Waals surface area (Å²) in [6.45, 7) is 0.259. The van der Waals surface area contributed by atoms with Gasteiger partial charge in [0.05, 0.1) is 7.11 Å². The first-order valence-electron chi connectivity index (χ1n) is 9.49. The molecule has 4 aromatic rings. The van der Waals surface area contributed by atoms with Crippen molar-refractivity contribution in [3.05, 3.63) is 95.3 Å². The minimum Gasteiger partial charge on any atom is -0.497 e. The van der Waals surface area contributed by atoms with Crippen molar-refractivity contribution in [1.82, 2.24) is 4.98 Å². The molecule has 1 amide bonds. The number of anilines is 1. The Labute approximate surface area is 183 Å². The molecule has 7 heteroatoms. The van der Waals surface area contributed by atoms with E-state index < -0.39 is 0 Å². The van der Waals surface area contributed by atoms with Crippen molar-refractivity contribution in [2.45, 2.75) is 6.61 Å². The zero-order chi connectivity index (χ0) is 21.6. The Balaban J connectivity index is 1.43. The zero-order valence-corrected chi connectivity index (χ0v) is 17.5. The Hall–Kier alpha value is -3.71.